The van der Waals surface area contributed by atoms with Gasteiger partial charge in [0.15, 0.2) is 0 Å². The number of nitrogens with zero attached hydrogens (tertiary/aromatic N) is 2. The van der Waals surface area contributed by atoms with Gasteiger partial charge in [0.1, 0.15) is 5.75 Å². The smallest absolute Gasteiger partial charge is 0.125 e. The first-order chi connectivity index (χ1) is 9.17. The molecule has 1 atom stereocenters. The lowest BCUT2D eigenvalue weighted by Crippen LogP contribution is -2.18. The van der Waals surface area contributed by atoms with E-state index in [0.29, 0.717) is 10.8 Å². The zero-order chi connectivity index (χ0) is 13.8. The summed E-state index contributed by atoms with van der Waals surface area (Å²) in [7, 11) is 1.62. The van der Waals surface area contributed by atoms with Gasteiger partial charge in [0, 0.05) is 23.3 Å². The molecule has 0 bridgehead atoms. The van der Waals surface area contributed by atoms with Crippen molar-refractivity contribution in [3.05, 3.63) is 46.7 Å². The summed E-state index contributed by atoms with van der Waals surface area (Å²) in [5, 5.41) is 4.93. The van der Waals surface area contributed by atoms with Gasteiger partial charge >= 0.3 is 0 Å². The van der Waals surface area contributed by atoms with Gasteiger partial charge in [-0.2, -0.15) is 5.10 Å². The van der Waals surface area contributed by atoms with Crippen LogP contribution in [0.3, 0.4) is 0 Å². The molecule has 0 saturated heterocycles. The molecule has 102 valence electrons. The highest BCUT2D eigenvalue weighted by molar-refractivity contribution is 6.30. The van der Waals surface area contributed by atoms with Crippen molar-refractivity contribution >= 4 is 11.6 Å². The Morgan fingerprint density at radius 2 is 2.21 bits per heavy atom. The normalized spacial score (nSPS) is 12.4. The third-order valence-corrected chi connectivity index (χ3v) is 3.27. The van der Waals surface area contributed by atoms with Gasteiger partial charge < -0.3 is 10.5 Å². The molecule has 0 aliphatic rings. The minimum atomic E-state index is -0.277. The van der Waals surface area contributed by atoms with Crippen LogP contribution < -0.4 is 10.5 Å². The number of methoxy groups -OCH3 is 1. The number of ether oxygens (including phenoxy) is 1. The second kappa shape index (κ2) is 6.08. The van der Waals surface area contributed by atoms with E-state index in [0.717, 1.165) is 24.2 Å². The summed E-state index contributed by atoms with van der Waals surface area (Å²) in [6.45, 7) is 2.96. The van der Waals surface area contributed by atoms with Crippen LogP contribution in [0.2, 0.25) is 5.02 Å². The minimum Gasteiger partial charge on any atom is -0.496 e. The predicted molar refractivity (Wildman–Crippen MR) is 76.6 cm³/mol. The first kappa shape index (κ1) is 13.9. The summed E-state index contributed by atoms with van der Waals surface area (Å²) in [4.78, 5) is 0. The highest BCUT2D eigenvalue weighted by Crippen LogP contribution is 2.30. The Morgan fingerprint density at radius 1 is 1.42 bits per heavy atom. The molecule has 2 N–H and O–H groups in total. The summed E-state index contributed by atoms with van der Waals surface area (Å²) in [6.07, 6.45) is 2.78. The topological polar surface area (TPSA) is 53.1 Å². The molecule has 0 aliphatic carbocycles. The van der Waals surface area contributed by atoms with E-state index < -0.39 is 0 Å². The molecule has 1 heterocycles. The molecule has 0 radical (unpaired) electrons. The Balaban J connectivity index is 2.38. The van der Waals surface area contributed by atoms with Crippen LogP contribution in [-0.2, 0) is 6.54 Å². The highest BCUT2D eigenvalue weighted by atomic mass is 35.5. The van der Waals surface area contributed by atoms with E-state index in [-0.39, 0.29) is 6.04 Å². The monoisotopic (exact) mass is 279 g/mol. The van der Waals surface area contributed by atoms with Gasteiger partial charge in [-0.1, -0.05) is 24.6 Å². The van der Waals surface area contributed by atoms with Gasteiger partial charge in [0.05, 0.1) is 18.8 Å². The second-order valence-electron chi connectivity index (χ2n) is 4.34. The van der Waals surface area contributed by atoms with Crippen molar-refractivity contribution in [3.8, 4) is 5.75 Å². The van der Waals surface area contributed by atoms with Crippen molar-refractivity contribution < 1.29 is 4.74 Å². The SMILES string of the molecule is CCCn1nccc1C(N)c1ccc(Cl)cc1OC. The van der Waals surface area contributed by atoms with Gasteiger partial charge in [-0.25, -0.2) is 0 Å². The van der Waals surface area contributed by atoms with Crippen molar-refractivity contribution in [3.63, 3.8) is 0 Å². The summed E-state index contributed by atoms with van der Waals surface area (Å²) in [6, 6.07) is 7.15. The Bertz CT molecular complexity index is 553. The molecule has 5 heteroatoms. The number of halogens is 1. The third kappa shape index (κ3) is 2.91. The molecule has 0 amide bonds. The van der Waals surface area contributed by atoms with Crippen molar-refractivity contribution in [2.24, 2.45) is 5.73 Å². The second-order valence-corrected chi connectivity index (χ2v) is 4.78. The number of aromatic nitrogens is 2. The number of rotatable bonds is 5. The van der Waals surface area contributed by atoms with Gasteiger partial charge in [-0.3, -0.25) is 4.68 Å². The van der Waals surface area contributed by atoms with Gasteiger partial charge in [-0.15, -0.1) is 0 Å². The van der Waals surface area contributed by atoms with Crippen LogP contribution >= 0.6 is 11.6 Å². The summed E-state index contributed by atoms with van der Waals surface area (Å²) >= 11 is 5.97. The van der Waals surface area contributed by atoms with E-state index in [9.17, 15) is 0 Å². The maximum Gasteiger partial charge on any atom is 0.125 e. The number of hydrogen-bond acceptors (Lipinski definition) is 3. The zero-order valence-electron chi connectivity index (χ0n) is 11.1. The molecular formula is C14H18ClN3O. The van der Waals surface area contributed by atoms with Gasteiger partial charge in [0.2, 0.25) is 0 Å². The van der Waals surface area contributed by atoms with Crippen LogP contribution in [0.1, 0.15) is 30.6 Å². The lowest BCUT2D eigenvalue weighted by Gasteiger charge is -2.17. The summed E-state index contributed by atoms with van der Waals surface area (Å²) in [5.41, 5.74) is 8.22. The minimum absolute atomic E-state index is 0.277. The highest BCUT2D eigenvalue weighted by Gasteiger charge is 2.17. The van der Waals surface area contributed by atoms with Crippen molar-refractivity contribution in [2.45, 2.75) is 25.9 Å². The van der Waals surface area contributed by atoms with Crippen molar-refractivity contribution in [2.75, 3.05) is 7.11 Å². The van der Waals surface area contributed by atoms with Gasteiger partial charge in [0.25, 0.3) is 0 Å². The quantitative estimate of drug-likeness (QED) is 0.915. The number of benzene rings is 1. The fraction of sp³-hybridized carbons (Fsp3) is 0.357. The molecular weight excluding hydrogens is 262 g/mol. The number of hydrogen-bond donors (Lipinski definition) is 1. The Labute approximate surface area is 118 Å². The van der Waals surface area contributed by atoms with E-state index in [1.165, 1.54) is 0 Å². The average molecular weight is 280 g/mol. The molecule has 19 heavy (non-hydrogen) atoms. The van der Waals surface area contributed by atoms with E-state index in [4.69, 9.17) is 22.1 Å². The number of aryl methyl sites for hydroxylation is 1. The summed E-state index contributed by atoms with van der Waals surface area (Å²) < 4.78 is 7.28. The Hall–Kier alpha value is -1.52. The maximum absolute atomic E-state index is 6.33. The van der Waals surface area contributed by atoms with E-state index in [1.807, 2.05) is 22.9 Å². The van der Waals surface area contributed by atoms with Crippen molar-refractivity contribution in [1.29, 1.82) is 0 Å². The predicted octanol–water partition coefficient (Wildman–Crippen LogP) is 3.00. The molecule has 0 fully saturated rings. The van der Waals surface area contributed by atoms with Crippen LogP contribution in [-0.4, -0.2) is 16.9 Å². The van der Waals surface area contributed by atoms with E-state index in [1.54, 1.807) is 19.4 Å². The van der Waals surface area contributed by atoms with E-state index >= 15 is 0 Å². The number of nitrogens with two attached hydrogens (primary N) is 1. The first-order valence-corrected chi connectivity index (χ1v) is 6.66. The lowest BCUT2D eigenvalue weighted by atomic mass is 10.0. The molecule has 0 saturated carbocycles. The van der Waals surface area contributed by atoms with Gasteiger partial charge in [-0.05, 0) is 24.6 Å². The molecule has 1 aromatic heterocycles. The van der Waals surface area contributed by atoms with Crippen LogP contribution in [0.5, 0.6) is 5.75 Å². The first-order valence-electron chi connectivity index (χ1n) is 6.28. The summed E-state index contributed by atoms with van der Waals surface area (Å²) in [5.74, 6) is 0.698. The van der Waals surface area contributed by atoms with Crippen LogP contribution in [0.4, 0.5) is 0 Å². The average Bonchev–Trinajstić information content (AvgIpc) is 2.86. The van der Waals surface area contributed by atoms with Crippen LogP contribution in [0.25, 0.3) is 0 Å². The Morgan fingerprint density at radius 3 is 2.89 bits per heavy atom. The molecule has 1 aromatic carbocycles. The van der Waals surface area contributed by atoms with Crippen molar-refractivity contribution in [1.82, 2.24) is 9.78 Å². The molecule has 2 aromatic rings. The molecule has 4 nitrogen and oxygen atoms in total. The maximum atomic E-state index is 6.33. The molecule has 0 aliphatic heterocycles. The lowest BCUT2D eigenvalue weighted by molar-refractivity contribution is 0.406. The fourth-order valence-corrected chi connectivity index (χ4v) is 2.27. The fourth-order valence-electron chi connectivity index (χ4n) is 2.11. The molecule has 2 rings (SSSR count). The molecule has 0 spiro atoms. The zero-order valence-corrected chi connectivity index (χ0v) is 11.9. The van der Waals surface area contributed by atoms with Crippen LogP contribution in [0.15, 0.2) is 30.5 Å². The van der Waals surface area contributed by atoms with Crippen LogP contribution in [0, 0.1) is 0 Å². The van der Waals surface area contributed by atoms with E-state index in [2.05, 4.69) is 12.0 Å². The Kier molecular flexibility index (Phi) is 4.45. The third-order valence-electron chi connectivity index (χ3n) is 3.03. The standard InChI is InChI=1S/C14H18ClN3O/c1-3-8-18-12(6-7-17-18)14(16)11-5-4-10(15)9-13(11)19-2/h4-7,9,14H,3,8,16H2,1-2H3. The largest absolute Gasteiger partial charge is 0.496 e. The molecule has 1 unspecified atom stereocenters.